The average molecular weight is 479 g/mol. The number of halogens is 2. The van der Waals surface area contributed by atoms with E-state index < -0.39 is 23.4 Å². The van der Waals surface area contributed by atoms with Crippen molar-refractivity contribution in [2.45, 2.75) is 38.6 Å². The lowest BCUT2D eigenvalue weighted by molar-refractivity contribution is 0.100. The molecular weight excluding hydrogens is 451 g/mol. The number of methoxy groups -OCH3 is 1. The highest BCUT2D eigenvalue weighted by molar-refractivity contribution is 6.33. The first-order valence-corrected chi connectivity index (χ1v) is 11.0. The van der Waals surface area contributed by atoms with Gasteiger partial charge in [0.2, 0.25) is 5.91 Å². The molecule has 2 heterocycles. The maximum Gasteiger partial charge on any atom is 0.405 e. The minimum atomic E-state index is -1.04. The van der Waals surface area contributed by atoms with Gasteiger partial charge in [0, 0.05) is 24.2 Å². The number of hydrogen-bond donors (Lipinski definition) is 3. The van der Waals surface area contributed by atoms with Crippen molar-refractivity contribution >= 4 is 29.4 Å². The van der Waals surface area contributed by atoms with Crippen LogP contribution in [0.1, 0.15) is 43.5 Å². The Morgan fingerprint density at radius 2 is 2.00 bits per heavy atom. The van der Waals surface area contributed by atoms with Crippen LogP contribution in [0.2, 0.25) is 5.15 Å². The first kappa shape index (κ1) is 24.6. The number of carbonyl (C=O) groups is 2. The molecule has 0 aliphatic carbocycles. The molecule has 0 unspecified atom stereocenters. The summed E-state index contributed by atoms with van der Waals surface area (Å²) in [4.78, 5) is 29.7. The van der Waals surface area contributed by atoms with Gasteiger partial charge >= 0.3 is 6.09 Å². The Bertz CT molecular complexity index is 1050. The zero-order valence-corrected chi connectivity index (χ0v) is 19.6. The normalized spacial score (nSPS) is 14.8. The second kappa shape index (κ2) is 9.82. The van der Waals surface area contributed by atoms with Crippen LogP contribution >= 0.6 is 11.6 Å². The number of nitrogens with one attached hydrogen (secondary N) is 1. The average Bonchev–Trinajstić information content (AvgIpc) is 2.72. The van der Waals surface area contributed by atoms with Crippen molar-refractivity contribution in [3.8, 4) is 16.9 Å². The molecule has 1 saturated heterocycles. The number of piperidine rings is 1. The van der Waals surface area contributed by atoms with Crippen LogP contribution in [-0.4, -0.2) is 47.8 Å². The first-order valence-electron chi connectivity index (χ1n) is 10.6. The standard InChI is InChI=1S/C23H28ClFN4O4/c1-23(2,28-22(31)32)12-13-6-8-29(9-7-13)18-11-15(21(26)30)19(20(24)27-18)14-4-5-17(33-3)16(25)10-14/h4-5,10-11,13,28H,6-9,12H2,1-3H3,(H2,26,30)(H,31,32). The van der Waals surface area contributed by atoms with Crippen LogP contribution in [0.15, 0.2) is 24.3 Å². The van der Waals surface area contributed by atoms with E-state index in [1.165, 1.54) is 19.2 Å². The fraction of sp³-hybridized carbons (Fsp3) is 0.435. The number of amides is 2. The molecule has 0 radical (unpaired) electrons. The molecule has 0 bridgehead atoms. The van der Waals surface area contributed by atoms with E-state index in [2.05, 4.69) is 10.3 Å². The third-order valence-corrected chi connectivity index (χ3v) is 6.12. The van der Waals surface area contributed by atoms with Gasteiger partial charge in [-0.1, -0.05) is 17.7 Å². The predicted molar refractivity (Wildman–Crippen MR) is 125 cm³/mol. The van der Waals surface area contributed by atoms with E-state index in [4.69, 9.17) is 27.2 Å². The number of carbonyl (C=O) groups excluding carboxylic acids is 1. The highest BCUT2D eigenvalue weighted by Gasteiger charge is 2.29. The topological polar surface area (TPSA) is 118 Å². The Morgan fingerprint density at radius 1 is 1.33 bits per heavy atom. The second-order valence-electron chi connectivity index (χ2n) is 8.86. The highest BCUT2D eigenvalue weighted by atomic mass is 35.5. The maximum atomic E-state index is 14.2. The third kappa shape index (κ3) is 5.84. The Kier molecular flexibility index (Phi) is 7.31. The monoisotopic (exact) mass is 478 g/mol. The van der Waals surface area contributed by atoms with Gasteiger partial charge in [-0.05, 0) is 62.8 Å². The zero-order chi connectivity index (χ0) is 24.3. The summed E-state index contributed by atoms with van der Waals surface area (Å²) in [5.41, 5.74) is 5.91. The van der Waals surface area contributed by atoms with Gasteiger partial charge in [0.1, 0.15) is 11.0 Å². The molecule has 2 aromatic rings. The van der Waals surface area contributed by atoms with Crippen molar-refractivity contribution in [1.82, 2.24) is 10.3 Å². The quantitative estimate of drug-likeness (QED) is 0.510. The lowest BCUT2D eigenvalue weighted by atomic mass is 9.84. The third-order valence-electron chi connectivity index (χ3n) is 5.85. The SMILES string of the molecule is COc1ccc(-c2c(C(N)=O)cc(N3CCC(CC(C)(C)NC(=O)O)CC3)nc2Cl)cc1F. The molecule has 33 heavy (non-hydrogen) atoms. The van der Waals surface area contributed by atoms with Gasteiger partial charge in [0.25, 0.3) is 0 Å². The number of carboxylic acid groups (broad SMARTS) is 1. The van der Waals surface area contributed by atoms with Gasteiger partial charge in [0.15, 0.2) is 11.6 Å². The zero-order valence-electron chi connectivity index (χ0n) is 18.8. The van der Waals surface area contributed by atoms with Crippen LogP contribution in [0.3, 0.4) is 0 Å². The minimum absolute atomic E-state index is 0.0554. The minimum Gasteiger partial charge on any atom is -0.494 e. The van der Waals surface area contributed by atoms with Crippen LogP contribution in [0, 0.1) is 11.7 Å². The molecule has 1 fully saturated rings. The van der Waals surface area contributed by atoms with Crippen molar-refractivity contribution < 1.29 is 23.8 Å². The number of aromatic nitrogens is 1. The van der Waals surface area contributed by atoms with E-state index in [1.54, 1.807) is 12.1 Å². The lowest BCUT2D eigenvalue weighted by Gasteiger charge is -2.37. The van der Waals surface area contributed by atoms with Crippen LogP contribution in [0.5, 0.6) is 5.75 Å². The molecule has 178 valence electrons. The number of benzene rings is 1. The summed E-state index contributed by atoms with van der Waals surface area (Å²) in [6.45, 7) is 5.08. The van der Waals surface area contributed by atoms with Crippen molar-refractivity contribution in [3.63, 3.8) is 0 Å². The lowest BCUT2D eigenvalue weighted by Crippen LogP contribution is -2.45. The van der Waals surface area contributed by atoms with E-state index in [-0.39, 0.29) is 22.0 Å². The van der Waals surface area contributed by atoms with E-state index in [0.29, 0.717) is 30.4 Å². The second-order valence-corrected chi connectivity index (χ2v) is 9.21. The number of hydrogen-bond acceptors (Lipinski definition) is 5. The number of pyridine rings is 1. The van der Waals surface area contributed by atoms with Crippen molar-refractivity contribution in [3.05, 3.63) is 40.8 Å². The van der Waals surface area contributed by atoms with Crippen molar-refractivity contribution in [2.24, 2.45) is 11.7 Å². The Labute approximate surface area is 196 Å². The number of ether oxygens (including phenoxy) is 1. The predicted octanol–water partition coefficient (Wildman–Crippen LogP) is 4.30. The van der Waals surface area contributed by atoms with E-state index in [0.717, 1.165) is 19.3 Å². The molecular formula is C23H28ClFN4O4. The smallest absolute Gasteiger partial charge is 0.405 e. The van der Waals surface area contributed by atoms with Crippen LogP contribution in [-0.2, 0) is 0 Å². The summed E-state index contributed by atoms with van der Waals surface area (Å²) < 4.78 is 19.2. The molecule has 0 saturated carbocycles. The number of anilines is 1. The summed E-state index contributed by atoms with van der Waals surface area (Å²) in [5, 5.41) is 11.6. The summed E-state index contributed by atoms with van der Waals surface area (Å²) in [5.74, 6) is -0.343. The van der Waals surface area contributed by atoms with E-state index in [1.807, 2.05) is 18.7 Å². The summed E-state index contributed by atoms with van der Waals surface area (Å²) in [6.07, 6.45) is 1.35. The summed E-state index contributed by atoms with van der Waals surface area (Å²) in [7, 11) is 1.36. The molecule has 0 atom stereocenters. The molecule has 0 spiro atoms. The van der Waals surface area contributed by atoms with Gasteiger partial charge in [-0.25, -0.2) is 14.2 Å². The van der Waals surface area contributed by atoms with Gasteiger partial charge in [-0.3, -0.25) is 4.79 Å². The molecule has 1 aliphatic rings. The number of primary amides is 1. The van der Waals surface area contributed by atoms with Gasteiger partial charge in [0.05, 0.1) is 12.7 Å². The van der Waals surface area contributed by atoms with Crippen molar-refractivity contribution in [1.29, 1.82) is 0 Å². The number of nitrogens with zero attached hydrogens (tertiary/aromatic N) is 2. The van der Waals surface area contributed by atoms with Crippen LogP contribution < -0.4 is 20.7 Å². The van der Waals surface area contributed by atoms with Crippen molar-refractivity contribution in [2.75, 3.05) is 25.1 Å². The number of rotatable bonds is 7. The Morgan fingerprint density at radius 3 is 2.55 bits per heavy atom. The van der Waals surface area contributed by atoms with Gasteiger partial charge in [-0.15, -0.1) is 0 Å². The first-order chi connectivity index (χ1) is 15.5. The molecule has 2 amide bonds. The van der Waals surface area contributed by atoms with Crippen LogP contribution in [0.4, 0.5) is 15.0 Å². The van der Waals surface area contributed by atoms with E-state index >= 15 is 0 Å². The number of nitrogens with two attached hydrogens (primary N) is 1. The maximum absolute atomic E-state index is 14.2. The van der Waals surface area contributed by atoms with E-state index in [9.17, 15) is 14.0 Å². The largest absolute Gasteiger partial charge is 0.494 e. The molecule has 1 aromatic heterocycles. The fourth-order valence-corrected chi connectivity index (χ4v) is 4.68. The molecule has 8 nitrogen and oxygen atoms in total. The van der Waals surface area contributed by atoms with Crippen LogP contribution in [0.25, 0.3) is 11.1 Å². The van der Waals surface area contributed by atoms with Gasteiger partial charge < -0.3 is 25.8 Å². The fourth-order valence-electron chi connectivity index (χ4n) is 4.38. The van der Waals surface area contributed by atoms with Gasteiger partial charge in [-0.2, -0.15) is 0 Å². The molecule has 1 aromatic carbocycles. The Hall–Kier alpha value is -3.07. The molecule has 4 N–H and O–H groups in total. The Balaban J connectivity index is 1.81. The summed E-state index contributed by atoms with van der Waals surface area (Å²) >= 11 is 6.46. The molecule has 1 aliphatic heterocycles. The molecule has 3 rings (SSSR count). The summed E-state index contributed by atoms with van der Waals surface area (Å²) in [6, 6.07) is 5.86. The highest BCUT2D eigenvalue weighted by Crippen LogP contribution is 2.36. The molecule has 10 heteroatoms.